The highest BCUT2D eigenvalue weighted by Crippen LogP contribution is 2.34. The monoisotopic (exact) mass is 434 g/mol. The Balaban J connectivity index is 1.44. The van der Waals surface area contributed by atoms with Crippen molar-refractivity contribution in [3.8, 4) is 16.9 Å². The Kier molecular flexibility index (Phi) is 6.39. The summed E-state index contributed by atoms with van der Waals surface area (Å²) < 4.78 is 7.59. The molecule has 3 aromatic rings. The lowest BCUT2D eigenvalue weighted by molar-refractivity contribution is -0.130. The molecule has 0 bridgehead atoms. The van der Waals surface area contributed by atoms with E-state index in [1.54, 1.807) is 4.68 Å². The SMILES string of the molecule is Cc1ccccc1OCCC(=O)N1CCC(c2nc(N(C)C)ncc2-c2cnn(C)c2)C1. The molecule has 1 fully saturated rings. The minimum Gasteiger partial charge on any atom is -0.493 e. The quantitative estimate of drug-likeness (QED) is 0.569. The average molecular weight is 435 g/mol. The number of carbonyl (C=O) groups excluding carboxylic acids is 1. The topological polar surface area (TPSA) is 76.4 Å². The van der Waals surface area contributed by atoms with Crippen LogP contribution >= 0.6 is 0 Å². The van der Waals surface area contributed by atoms with Crippen LogP contribution in [0.4, 0.5) is 5.95 Å². The summed E-state index contributed by atoms with van der Waals surface area (Å²) in [6.45, 7) is 3.76. The van der Waals surface area contributed by atoms with Crippen molar-refractivity contribution in [2.45, 2.75) is 25.7 Å². The van der Waals surface area contributed by atoms with Crippen LogP contribution in [0.15, 0.2) is 42.9 Å². The Hall–Kier alpha value is -3.42. The summed E-state index contributed by atoms with van der Waals surface area (Å²) >= 11 is 0. The number of amides is 1. The number of rotatable bonds is 7. The van der Waals surface area contributed by atoms with Gasteiger partial charge in [0.05, 0.1) is 24.9 Å². The molecular formula is C24H30N6O2. The minimum atomic E-state index is 0.117. The van der Waals surface area contributed by atoms with E-state index in [1.807, 2.05) is 80.7 Å². The number of anilines is 1. The third-order valence-corrected chi connectivity index (χ3v) is 5.82. The van der Waals surface area contributed by atoms with Crippen molar-refractivity contribution in [3.05, 3.63) is 54.1 Å². The maximum atomic E-state index is 12.8. The number of aromatic nitrogens is 4. The highest BCUT2D eigenvalue weighted by Gasteiger charge is 2.30. The summed E-state index contributed by atoms with van der Waals surface area (Å²) in [5.74, 6) is 1.78. The van der Waals surface area contributed by atoms with E-state index in [-0.39, 0.29) is 11.8 Å². The van der Waals surface area contributed by atoms with Gasteiger partial charge < -0.3 is 14.5 Å². The van der Waals surface area contributed by atoms with Crippen LogP contribution < -0.4 is 9.64 Å². The molecule has 0 N–H and O–H groups in total. The fraction of sp³-hybridized carbons (Fsp3) is 0.417. The molecule has 3 heterocycles. The fourth-order valence-electron chi connectivity index (χ4n) is 4.03. The van der Waals surface area contributed by atoms with Crippen molar-refractivity contribution in [1.82, 2.24) is 24.6 Å². The van der Waals surface area contributed by atoms with Gasteiger partial charge in [0, 0.05) is 63.7 Å². The second-order valence-electron chi connectivity index (χ2n) is 8.46. The molecule has 32 heavy (non-hydrogen) atoms. The van der Waals surface area contributed by atoms with Gasteiger partial charge in [-0.15, -0.1) is 0 Å². The van der Waals surface area contributed by atoms with E-state index in [4.69, 9.17) is 9.72 Å². The number of hydrogen-bond donors (Lipinski definition) is 0. The molecule has 1 unspecified atom stereocenters. The van der Waals surface area contributed by atoms with Crippen LogP contribution in [0, 0.1) is 6.92 Å². The Morgan fingerprint density at radius 1 is 1.25 bits per heavy atom. The molecule has 8 heteroatoms. The Morgan fingerprint density at radius 2 is 2.06 bits per heavy atom. The van der Waals surface area contributed by atoms with Crippen LogP contribution in [0.1, 0.15) is 30.0 Å². The van der Waals surface area contributed by atoms with Crippen molar-refractivity contribution in [2.75, 3.05) is 38.7 Å². The number of ether oxygens (including phenoxy) is 1. The lowest BCUT2D eigenvalue weighted by Gasteiger charge is -2.19. The Labute approximate surface area is 188 Å². The highest BCUT2D eigenvalue weighted by molar-refractivity contribution is 5.77. The van der Waals surface area contributed by atoms with Crippen LogP contribution in [0.5, 0.6) is 5.75 Å². The summed E-state index contributed by atoms with van der Waals surface area (Å²) in [4.78, 5) is 26.0. The second-order valence-corrected chi connectivity index (χ2v) is 8.46. The fourth-order valence-corrected chi connectivity index (χ4v) is 4.03. The molecule has 4 rings (SSSR count). The third kappa shape index (κ3) is 4.74. The molecule has 1 aromatic carbocycles. The zero-order valence-electron chi connectivity index (χ0n) is 19.2. The number of likely N-dealkylation sites (tertiary alicyclic amines) is 1. The van der Waals surface area contributed by atoms with E-state index < -0.39 is 0 Å². The van der Waals surface area contributed by atoms with Gasteiger partial charge in [-0.05, 0) is 25.0 Å². The van der Waals surface area contributed by atoms with E-state index >= 15 is 0 Å². The lowest BCUT2D eigenvalue weighted by Crippen LogP contribution is -2.29. The normalized spacial score (nSPS) is 15.8. The Bertz CT molecular complexity index is 1090. The molecule has 168 valence electrons. The van der Waals surface area contributed by atoms with Crippen LogP contribution in [-0.4, -0.2) is 64.3 Å². The van der Waals surface area contributed by atoms with Crippen LogP contribution in [-0.2, 0) is 11.8 Å². The largest absolute Gasteiger partial charge is 0.493 e. The molecule has 2 aromatic heterocycles. The molecular weight excluding hydrogens is 404 g/mol. The highest BCUT2D eigenvalue weighted by atomic mass is 16.5. The first-order valence-corrected chi connectivity index (χ1v) is 10.9. The minimum absolute atomic E-state index is 0.117. The Morgan fingerprint density at radius 3 is 2.78 bits per heavy atom. The van der Waals surface area contributed by atoms with E-state index in [2.05, 4.69) is 10.1 Å². The number of para-hydroxylation sites is 1. The summed E-state index contributed by atoms with van der Waals surface area (Å²) in [5, 5.41) is 4.30. The molecule has 1 amide bonds. The molecule has 1 aliphatic heterocycles. The number of benzene rings is 1. The van der Waals surface area contributed by atoms with Crippen molar-refractivity contribution >= 4 is 11.9 Å². The molecule has 8 nitrogen and oxygen atoms in total. The predicted octanol–water partition coefficient (Wildman–Crippen LogP) is 3.04. The van der Waals surface area contributed by atoms with E-state index in [0.717, 1.165) is 41.1 Å². The van der Waals surface area contributed by atoms with Crippen molar-refractivity contribution in [1.29, 1.82) is 0 Å². The van der Waals surface area contributed by atoms with Crippen LogP contribution in [0.25, 0.3) is 11.1 Å². The van der Waals surface area contributed by atoms with Gasteiger partial charge in [-0.3, -0.25) is 9.48 Å². The van der Waals surface area contributed by atoms with Gasteiger partial charge in [-0.1, -0.05) is 18.2 Å². The van der Waals surface area contributed by atoms with Gasteiger partial charge in [0.15, 0.2) is 0 Å². The zero-order chi connectivity index (χ0) is 22.7. The van der Waals surface area contributed by atoms with E-state index in [0.29, 0.717) is 25.5 Å². The summed E-state index contributed by atoms with van der Waals surface area (Å²) in [6, 6.07) is 7.86. The number of carbonyl (C=O) groups is 1. The number of nitrogens with zero attached hydrogens (tertiary/aromatic N) is 6. The first-order valence-electron chi connectivity index (χ1n) is 10.9. The molecule has 0 saturated carbocycles. The maximum absolute atomic E-state index is 12.8. The number of hydrogen-bond acceptors (Lipinski definition) is 6. The van der Waals surface area contributed by atoms with Crippen molar-refractivity contribution in [2.24, 2.45) is 7.05 Å². The average Bonchev–Trinajstić information content (AvgIpc) is 3.44. The zero-order valence-corrected chi connectivity index (χ0v) is 19.2. The summed E-state index contributed by atoms with van der Waals surface area (Å²) in [7, 11) is 5.76. The van der Waals surface area contributed by atoms with Crippen LogP contribution in [0.3, 0.4) is 0 Å². The molecule has 1 saturated heterocycles. The first-order chi connectivity index (χ1) is 15.4. The smallest absolute Gasteiger partial charge is 0.226 e. The van der Waals surface area contributed by atoms with Gasteiger partial charge >= 0.3 is 0 Å². The van der Waals surface area contributed by atoms with Crippen molar-refractivity contribution in [3.63, 3.8) is 0 Å². The predicted molar refractivity (Wildman–Crippen MR) is 124 cm³/mol. The van der Waals surface area contributed by atoms with Gasteiger partial charge in [-0.2, -0.15) is 5.10 Å². The molecule has 0 aliphatic carbocycles. The van der Waals surface area contributed by atoms with E-state index in [9.17, 15) is 4.79 Å². The van der Waals surface area contributed by atoms with E-state index in [1.165, 1.54) is 0 Å². The second kappa shape index (κ2) is 9.38. The summed E-state index contributed by atoms with van der Waals surface area (Å²) in [5.41, 5.74) is 4.02. The first kappa shape index (κ1) is 21.8. The maximum Gasteiger partial charge on any atom is 0.226 e. The van der Waals surface area contributed by atoms with Gasteiger partial charge in [0.25, 0.3) is 0 Å². The van der Waals surface area contributed by atoms with Crippen LogP contribution in [0.2, 0.25) is 0 Å². The lowest BCUT2D eigenvalue weighted by atomic mass is 9.97. The molecule has 0 spiro atoms. The van der Waals surface area contributed by atoms with Gasteiger partial charge in [0.2, 0.25) is 11.9 Å². The van der Waals surface area contributed by atoms with Gasteiger partial charge in [0.1, 0.15) is 5.75 Å². The molecule has 1 aliphatic rings. The van der Waals surface area contributed by atoms with Gasteiger partial charge in [-0.25, -0.2) is 9.97 Å². The summed E-state index contributed by atoms with van der Waals surface area (Å²) in [6.07, 6.45) is 6.91. The number of aryl methyl sites for hydroxylation is 2. The third-order valence-electron chi connectivity index (χ3n) is 5.82. The molecule has 0 radical (unpaired) electrons. The molecule has 1 atom stereocenters. The standard InChI is InChI=1S/C24H30N6O2/c1-17-7-5-6-8-21(17)32-12-10-22(31)30-11-9-18(16-30)23-20(19-13-26-29(4)15-19)14-25-24(27-23)28(2)3/h5-8,13-15,18H,9-12,16H2,1-4H3. The van der Waals surface area contributed by atoms with Crippen molar-refractivity contribution < 1.29 is 9.53 Å².